The van der Waals surface area contributed by atoms with E-state index in [9.17, 15) is 8.42 Å². The molecule has 0 saturated carbocycles. The van der Waals surface area contributed by atoms with E-state index in [1.807, 2.05) is 70.2 Å². The van der Waals surface area contributed by atoms with Crippen molar-refractivity contribution in [2.75, 3.05) is 9.44 Å². The Kier molecular flexibility index (Phi) is 7.12. The van der Waals surface area contributed by atoms with Crippen molar-refractivity contribution in [2.45, 2.75) is 27.7 Å². The number of aryl methyl sites for hydroxylation is 4. The Morgan fingerprint density at radius 1 is 0.633 bits per heavy atom. The van der Waals surface area contributed by atoms with E-state index in [1.165, 1.54) is 0 Å². The fraction of sp³-hybridized carbons (Fsp3) is 0.182. The van der Waals surface area contributed by atoms with E-state index in [0.717, 1.165) is 22.3 Å². The van der Waals surface area contributed by atoms with Gasteiger partial charge in [-0.05, 0) is 74.2 Å². The number of hydrogen-bond donors (Lipinski definition) is 2. The molecule has 0 heterocycles. The van der Waals surface area contributed by atoms with E-state index in [0.29, 0.717) is 22.9 Å². The van der Waals surface area contributed by atoms with Crippen molar-refractivity contribution in [1.82, 2.24) is 0 Å². The molecule has 30 heavy (non-hydrogen) atoms. The normalized spacial score (nSPS) is 12.7. The van der Waals surface area contributed by atoms with Gasteiger partial charge in [0.15, 0.2) is 0 Å². The highest BCUT2D eigenvalue weighted by molar-refractivity contribution is 7.82. The first-order chi connectivity index (χ1) is 14.3. The predicted molar refractivity (Wildman–Crippen MR) is 123 cm³/mol. The van der Waals surface area contributed by atoms with Crippen LogP contribution in [0.5, 0.6) is 11.5 Å². The molecule has 0 bridgehead atoms. The van der Waals surface area contributed by atoms with E-state index in [4.69, 9.17) is 8.37 Å². The van der Waals surface area contributed by atoms with Crippen molar-refractivity contribution >= 4 is 33.9 Å². The third-order valence-corrected chi connectivity index (χ3v) is 5.75. The van der Waals surface area contributed by atoms with Gasteiger partial charge in [-0.1, -0.05) is 30.3 Å². The van der Waals surface area contributed by atoms with E-state index in [-0.39, 0.29) is 0 Å². The monoisotopic (exact) mass is 444 g/mol. The third kappa shape index (κ3) is 6.08. The van der Waals surface area contributed by atoms with Crippen molar-refractivity contribution in [3.63, 3.8) is 0 Å². The maximum absolute atomic E-state index is 12.4. The van der Waals surface area contributed by atoms with Gasteiger partial charge in [-0.3, -0.25) is 9.44 Å². The van der Waals surface area contributed by atoms with Gasteiger partial charge in [0.2, 0.25) is 0 Å². The second-order valence-electron chi connectivity index (χ2n) is 6.96. The summed E-state index contributed by atoms with van der Waals surface area (Å²) in [6.07, 6.45) is 0. The minimum Gasteiger partial charge on any atom is -0.385 e. The summed E-state index contributed by atoms with van der Waals surface area (Å²) in [6, 6.07) is 18.4. The Bertz CT molecular complexity index is 1100. The molecule has 2 N–H and O–H groups in total. The fourth-order valence-corrected chi connectivity index (χ4v) is 4.06. The molecular weight excluding hydrogens is 420 g/mol. The summed E-state index contributed by atoms with van der Waals surface area (Å²) in [7, 11) is 0. The lowest BCUT2D eigenvalue weighted by Gasteiger charge is -2.13. The Morgan fingerprint density at radius 3 is 1.80 bits per heavy atom. The van der Waals surface area contributed by atoms with Crippen LogP contribution in [0.2, 0.25) is 0 Å². The standard InChI is InChI=1S/C22H24N2O4S2/c1-15-6-5-7-19(12-15)23-29(25)28-22-14-20(11-10-18(22)4)24-30(26)27-21-13-16(2)8-9-17(21)3/h5-14,23-24H,1-4H3. The lowest BCUT2D eigenvalue weighted by Crippen LogP contribution is -2.13. The second-order valence-corrected chi connectivity index (χ2v) is 8.64. The van der Waals surface area contributed by atoms with Crippen LogP contribution in [0.4, 0.5) is 11.4 Å². The Morgan fingerprint density at radius 2 is 1.17 bits per heavy atom. The Labute approximate surface area is 182 Å². The van der Waals surface area contributed by atoms with Crippen molar-refractivity contribution in [3.8, 4) is 11.5 Å². The van der Waals surface area contributed by atoms with E-state index < -0.39 is 22.5 Å². The molecule has 0 aliphatic carbocycles. The molecule has 8 heteroatoms. The van der Waals surface area contributed by atoms with Crippen molar-refractivity contribution in [3.05, 3.63) is 82.9 Å². The highest BCUT2D eigenvalue weighted by Gasteiger charge is 2.11. The van der Waals surface area contributed by atoms with Gasteiger partial charge in [-0.15, -0.1) is 0 Å². The first-order valence-corrected chi connectivity index (χ1v) is 11.4. The van der Waals surface area contributed by atoms with Crippen LogP contribution in [0.15, 0.2) is 60.7 Å². The molecule has 3 aromatic rings. The van der Waals surface area contributed by atoms with Crippen LogP contribution in [0, 0.1) is 27.7 Å². The van der Waals surface area contributed by atoms with Gasteiger partial charge < -0.3 is 8.37 Å². The summed E-state index contributed by atoms with van der Waals surface area (Å²) in [5, 5.41) is 0. The van der Waals surface area contributed by atoms with Crippen LogP contribution in [0.25, 0.3) is 0 Å². The minimum atomic E-state index is -1.80. The summed E-state index contributed by atoms with van der Waals surface area (Å²) < 4.78 is 41.4. The van der Waals surface area contributed by atoms with Gasteiger partial charge in [-0.25, -0.2) is 0 Å². The first-order valence-electron chi connectivity index (χ1n) is 9.28. The van der Waals surface area contributed by atoms with Crippen molar-refractivity contribution < 1.29 is 16.8 Å². The molecule has 0 saturated heterocycles. The molecule has 0 amide bonds. The fourth-order valence-electron chi connectivity index (χ4n) is 2.66. The van der Waals surface area contributed by atoms with Crippen LogP contribution in [0.1, 0.15) is 22.3 Å². The van der Waals surface area contributed by atoms with Crippen LogP contribution in [0.3, 0.4) is 0 Å². The van der Waals surface area contributed by atoms with Crippen LogP contribution >= 0.6 is 0 Å². The molecule has 0 aliphatic rings. The third-order valence-electron chi connectivity index (χ3n) is 4.28. The molecule has 2 atom stereocenters. The topological polar surface area (TPSA) is 76.7 Å². The summed E-state index contributed by atoms with van der Waals surface area (Å²) >= 11 is -3.58. The average molecular weight is 445 g/mol. The minimum absolute atomic E-state index is 0.405. The molecule has 3 rings (SSSR count). The van der Waals surface area contributed by atoms with Gasteiger partial charge in [-0.2, -0.15) is 8.42 Å². The molecule has 0 fully saturated rings. The van der Waals surface area contributed by atoms with Gasteiger partial charge >= 0.3 is 22.5 Å². The number of nitrogens with one attached hydrogen (secondary N) is 2. The maximum Gasteiger partial charge on any atom is 0.316 e. The van der Waals surface area contributed by atoms with Crippen LogP contribution < -0.4 is 17.8 Å². The predicted octanol–water partition coefficient (Wildman–Crippen LogP) is 5.06. The Balaban J connectivity index is 1.66. The summed E-state index contributed by atoms with van der Waals surface area (Å²) in [6.45, 7) is 7.62. The van der Waals surface area contributed by atoms with Gasteiger partial charge in [0, 0.05) is 11.8 Å². The number of anilines is 2. The quantitative estimate of drug-likeness (QED) is 0.509. The molecular formula is C22H24N2O4S2. The number of benzene rings is 3. The Hall–Kier alpha value is -2.84. The molecule has 0 radical (unpaired) electrons. The van der Waals surface area contributed by atoms with Gasteiger partial charge in [0.1, 0.15) is 11.5 Å². The highest BCUT2D eigenvalue weighted by atomic mass is 32.2. The first kappa shape index (κ1) is 21.9. The zero-order valence-corrected chi connectivity index (χ0v) is 18.9. The smallest absolute Gasteiger partial charge is 0.316 e. The molecule has 2 unspecified atom stereocenters. The zero-order chi connectivity index (χ0) is 21.7. The summed E-state index contributed by atoms with van der Waals surface area (Å²) in [4.78, 5) is 0. The van der Waals surface area contributed by atoms with Crippen molar-refractivity contribution in [1.29, 1.82) is 0 Å². The van der Waals surface area contributed by atoms with Gasteiger partial charge in [0.05, 0.1) is 5.69 Å². The largest absolute Gasteiger partial charge is 0.385 e. The lowest BCUT2D eigenvalue weighted by molar-refractivity contribution is 0.563. The molecule has 0 aliphatic heterocycles. The van der Waals surface area contributed by atoms with Crippen LogP contribution in [-0.2, 0) is 22.5 Å². The van der Waals surface area contributed by atoms with Crippen molar-refractivity contribution in [2.24, 2.45) is 0 Å². The summed E-state index contributed by atoms with van der Waals surface area (Å²) in [5.41, 5.74) is 4.96. The van der Waals surface area contributed by atoms with Crippen LogP contribution in [-0.4, -0.2) is 8.42 Å². The molecule has 158 valence electrons. The maximum atomic E-state index is 12.4. The molecule has 3 aromatic carbocycles. The molecule has 0 aromatic heterocycles. The summed E-state index contributed by atoms with van der Waals surface area (Å²) in [5.74, 6) is 0.954. The van der Waals surface area contributed by atoms with E-state index >= 15 is 0 Å². The number of hydrogen-bond acceptors (Lipinski definition) is 4. The molecule has 6 nitrogen and oxygen atoms in total. The second kappa shape index (κ2) is 9.77. The number of rotatable bonds is 8. The highest BCUT2D eigenvalue weighted by Crippen LogP contribution is 2.25. The SMILES string of the molecule is Cc1cccc(NS(=O)Oc2cc(NS(=O)Oc3cc(C)ccc3C)ccc2C)c1. The average Bonchev–Trinajstić information content (AvgIpc) is 2.67. The lowest BCUT2D eigenvalue weighted by atomic mass is 10.1. The molecule has 0 spiro atoms. The van der Waals surface area contributed by atoms with E-state index in [1.54, 1.807) is 18.2 Å². The zero-order valence-electron chi connectivity index (χ0n) is 17.2. The van der Waals surface area contributed by atoms with E-state index in [2.05, 4.69) is 9.44 Å². The van der Waals surface area contributed by atoms with Gasteiger partial charge in [0.25, 0.3) is 0 Å².